The third-order valence-electron chi connectivity index (χ3n) is 7.56. The van der Waals surface area contributed by atoms with Crippen LogP contribution >= 0.6 is 0 Å². The van der Waals surface area contributed by atoms with Crippen molar-refractivity contribution in [3.63, 3.8) is 0 Å². The lowest BCUT2D eigenvalue weighted by Gasteiger charge is -2.26. The molecule has 1 aliphatic carbocycles. The lowest BCUT2D eigenvalue weighted by molar-refractivity contribution is 0.0950. The summed E-state index contributed by atoms with van der Waals surface area (Å²) in [6, 6.07) is 13.9. The first-order chi connectivity index (χ1) is 19.5. The maximum atomic E-state index is 13.8. The van der Waals surface area contributed by atoms with Crippen LogP contribution in [0.1, 0.15) is 54.4 Å². The first-order valence-corrected chi connectivity index (χ1v) is 14.2. The summed E-state index contributed by atoms with van der Waals surface area (Å²) in [5, 5.41) is 11.3. The molecule has 6 rings (SSSR count). The number of carbonyl (C=O) groups is 1. The minimum atomic E-state index is -0.376. The van der Waals surface area contributed by atoms with Gasteiger partial charge in [-0.1, -0.05) is 18.6 Å². The molecule has 2 aromatic heterocycles. The molecule has 0 radical (unpaired) electrons. The number of benzene rings is 2. The third kappa shape index (κ3) is 6.09. The van der Waals surface area contributed by atoms with Gasteiger partial charge in [0, 0.05) is 35.8 Å². The maximum Gasteiger partial charge on any atom is 0.251 e. The highest BCUT2D eigenvalue weighted by Gasteiger charge is 2.24. The van der Waals surface area contributed by atoms with E-state index in [1.54, 1.807) is 22.8 Å². The number of imidazole rings is 1. The van der Waals surface area contributed by atoms with E-state index in [1.807, 2.05) is 31.2 Å². The number of anilines is 1. The van der Waals surface area contributed by atoms with Gasteiger partial charge < -0.3 is 20.3 Å². The Morgan fingerprint density at radius 2 is 1.95 bits per heavy atom. The smallest absolute Gasteiger partial charge is 0.251 e. The SMILES string of the molecule is Cc1cc(-c2cnc3c(NCCCN4CCCCC4)cc(Oc4cccc(F)c4)nn23)ccc1C(=O)NC1CC1. The fourth-order valence-electron chi connectivity index (χ4n) is 5.25. The molecular formula is C31H35FN6O2. The second-order valence-corrected chi connectivity index (χ2v) is 10.8. The molecule has 2 fully saturated rings. The van der Waals surface area contributed by atoms with E-state index < -0.39 is 0 Å². The van der Waals surface area contributed by atoms with Gasteiger partial charge in [0.2, 0.25) is 5.88 Å². The molecule has 1 aliphatic heterocycles. The van der Waals surface area contributed by atoms with Crippen molar-refractivity contribution in [3.05, 3.63) is 71.7 Å². The largest absolute Gasteiger partial charge is 0.437 e. The Kier molecular flexibility index (Phi) is 7.64. The molecular weight excluding hydrogens is 507 g/mol. The first kappa shape index (κ1) is 26.3. The lowest BCUT2D eigenvalue weighted by atomic mass is 10.0. The molecule has 1 amide bonds. The fourth-order valence-corrected chi connectivity index (χ4v) is 5.25. The first-order valence-electron chi connectivity index (χ1n) is 14.2. The van der Waals surface area contributed by atoms with E-state index in [1.165, 1.54) is 44.5 Å². The molecule has 4 aromatic rings. The Balaban J connectivity index is 1.28. The number of rotatable bonds is 10. The molecule has 0 atom stereocenters. The summed E-state index contributed by atoms with van der Waals surface area (Å²) in [5.41, 5.74) is 4.68. The minimum absolute atomic E-state index is 0.0374. The number of halogens is 1. The number of aryl methyl sites for hydroxylation is 1. The second kappa shape index (κ2) is 11.6. The monoisotopic (exact) mass is 542 g/mol. The van der Waals surface area contributed by atoms with Crippen LogP contribution in [0.5, 0.6) is 11.6 Å². The van der Waals surface area contributed by atoms with Crippen molar-refractivity contribution >= 4 is 17.2 Å². The molecule has 8 nitrogen and oxygen atoms in total. The van der Waals surface area contributed by atoms with Crippen LogP contribution in [0.3, 0.4) is 0 Å². The van der Waals surface area contributed by atoms with Crippen molar-refractivity contribution in [1.29, 1.82) is 0 Å². The molecule has 40 heavy (non-hydrogen) atoms. The predicted octanol–water partition coefficient (Wildman–Crippen LogP) is 5.82. The van der Waals surface area contributed by atoms with Crippen LogP contribution in [0, 0.1) is 12.7 Å². The van der Waals surface area contributed by atoms with Crippen LogP contribution in [0.2, 0.25) is 0 Å². The number of carbonyl (C=O) groups excluding carboxylic acids is 1. The molecule has 1 saturated carbocycles. The van der Waals surface area contributed by atoms with Crippen LogP contribution in [0.4, 0.5) is 10.1 Å². The van der Waals surface area contributed by atoms with E-state index in [-0.39, 0.29) is 11.7 Å². The van der Waals surface area contributed by atoms with Crippen LogP contribution < -0.4 is 15.4 Å². The molecule has 1 saturated heterocycles. The van der Waals surface area contributed by atoms with Gasteiger partial charge in [-0.3, -0.25) is 4.79 Å². The van der Waals surface area contributed by atoms with Gasteiger partial charge in [-0.25, -0.2) is 13.9 Å². The number of piperidine rings is 1. The molecule has 2 N–H and O–H groups in total. The van der Waals surface area contributed by atoms with E-state index in [4.69, 9.17) is 14.8 Å². The Morgan fingerprint density at radius 1 is 1.10 bits per heavy atom. The van der Waals surface area contributed by atoms with E-state index in [0.29, 0.717) is 28.9 Å². The number of nitrogens with zero attached hydrogens (tertiary/aromatic N) is 4. The summed E-state index contributed by atoms with van der Waals surface area (Å²) in [5.74, 6) is 0.281. The van der Waals surface area contributed by atoms with Gasteiger partial charge in [-0.05, 0) is 88.5 Å². The zero-order valence-electron chi connectivity index (χ0n) is 22.8. The van der Waals surface area contributed by atoms with Crippen LogP contribution in [0.25, 0.3) is 16.9 Å². The minimum Gasteiger partial charge on any atom is -0.437 e. The average Bonchev–Trinajstić information content (AvgIpc) is 3.66. The number of hydrogen-bond acceptors (Lipinski definition) is 6. The van der Waals surface area contributed by atoms with Gasteiger partial charge >= 0.3 is 0 Å². The number of likely N-dealkylation sites (tertiary alicyclic amines) is 1. The predicted molar refractivity (Wildman–Crippen MR) is 154 cm³/mol. The van der Waals surface area contributed by atoms with Crippen molar-refractivity contribution in [2.75, 3.05) is 31.5 Å². The molecule has 0 bridgehead atoms. The van der Waals surface area contributed by atoms with Gasteiger partial charge in [0.1, 0.15) is 11.6 Å². The number of aromatic nitrogens is 3. The Bertz CT molecular complexity index is 1510. The molecule has 2 aliphatic rings. The summed E-state index contributed by atoms with van der Waals surface area (Å²) in [6.45, 7) is 6.13. The van der Waals surface area contributed by atoms with Crippen LogP contribution in [0.15, 0.2) is 54.7 Å². The summed E-state index contributed by atoms with van der Waals surface area (Å²) in [6.07, 6.45) is 8.77. The summed E-state index contributed by atoms with van der Waals surface area (Å²) >= 11 is 0. The number of fused-ring (bicyclic) bond motifs is 1. The molecule has 3 heterocycles. The van der Waals surface area contributed by atoms with Crippen LogP contribution in [-0.2, 0) is 0 Å². The number of nitrogens with one attached hydrogen (secondary N) is 2. The van der Waals surface area contributed by atoms with Crippen molar-refractivity contribution in [2.45, 2.75) is 51.5 Å². The third-order valence-corrected chi connectivity index (χ3v) is 7.56. The highest BCUT2D eigenvalue weighted by molar-refractivity contribution is 5.96. The Labute approximate surface area is 233 Å². The van der Waals surface area contributed by atoms with Crippen molar-refractivity contribution in [3.8, 4) is 22.9 Å². The normalized spacial score (nSPS) is 15.8. The summed E-state index contributed by atoms with van der Waals surface area (Å²) < 4.78 is 21.6. The number of amides is 1. The van der Waals surface area contributed by atoms with Crippen LogP contribution in [-0.4, -0.2) is 57.6 Å². The number of hydrogen-bond donors (Lipinski definition) is 2. The van der Waals surface area contributed by atoms with Gasteiger partial charge in [-0.2, -0.15) is 0 Å². The Morgan fingerprint density at radius 3 is 2.73 bits per heavy atom. The zero-order chi connectivity index (χ0) is 27.5. The van der Waals surface area contributed by atoms with E-state index in [9.17, 15) is 9.18 Å². The Hall–Kier alpha value is -3.98. The van der Waals surface area contributed by atoms with Gasteiger partial charge in [0.15, 0.2) is 5.65 Å². The topological polar surface area (TPSA) is 83.8 Å². The fraction of sp³-hybridized carbons (Fsp3) is 0.387. The quantitative estimate of drug-likeness (QED) is 0.246. The van der Waals surface area contributed by atoms with Crippen molar-refractivity contribution in [1.82, 2.24) is 24.8 Å². The van der Waals surface area contributed by atoms with E-state index in [0.717, 1.165) is 54.9 Å². The van der Waals surface area contributed by atoms with Crippen molar-refractivity contribution < 1.29 is 13.9 Å². The maximum absolute atomic E-state index is 13.8. The molecule has 9 heteroatoms. The second-order valence-electron chi connectivity index (χ2n) is 10.8. The standard InChI is InChI=1S/C31H35FN6O2/c1-21-17-22(9-12-26(21)31(39)35-24-10-11-24)28-20-34-30-27(33-13-6-16-37-14-3-2-4-15-37)19-29(36-38(28)30)40-25-8-5-7-23(32)18-25/h5,7-9,12,17-20,24,33H,2-4,6,10-11,13-16H2,1H3,(H,35,39). The average molecular weight is 543 g/mol. The van der Waals surface area contributed by atoms with Gasteiger partial charge in [0.25, 0.3) is 5.91 Å². The van der Waals surface area contributed by atoms with E-state index >= 15 is 0 Å². The van der Waals surface area contributed by atoms with E-state index in [2.05, 4.69) is 15.5 Å². The van der Waals surface area contributed by atoms with Crippen molar-refractivity contribution in [2.24, 2.45) is 0 Å². The zero-order valence-corrected chi connectivity index (χ0v) is 22.8. The van der Waals surface area contributed by atoms with Gasteiger partial charge in [0.05, 0.1) is 17.6 Å². The molecule has 208 valence electrons. The number of ether oxygens (including phenoxy) is 1. The lowest BCUT2D eigenvalue weighted by Crippen LogP contribution is -2.31. The molecule has 0 unspecified atom stereocenters. The van der Waals surface area contributed by atoms with Gasteiger partial charge in [-0.15, -0.1) is 5.10 Å². The highest BCUT2D eigenvalue weighted by atomic mass is 19.1. The summed E-state index contributed by atoms with van der Waals surface area (Å²) in [4.78, 5) is 19.9. The molecule has 0 spiro atoms. The summed E-state index contributed by atoms with van der Waals surface area (Å²) in [7, 11) is 0. The molecule has 2 aromatic carbocycles. The highest BCUT2D eigenvalue weighted by Crippen LogP contribution is 2.30.